The van der Waals surface area contributed by atoms with Gasteiger partial charge in [0.05, 0.1) is 10.9 Å². The summed E-state index contributed by atoms with van der Waals surface area (Å²) in [5, 5.41) is 20.2. The molecule has 1 aliphatic rings. The van der Waals surface area contributed by atoms with Crippen LogP contribution in [0.15, 0.2) is 41.3 Å². The van der Waals surface area contributed by atoms with E-state index in [4.69, 9.17) is 0 Å². The first-order chi connectivity index (χ1) is 11.5. The maximum atomic E-state index is 13.0. The number of para-hydroxylation sites is 1. The second-order valence-electron chi connectivity index (χ2n) is 6.37. The molecule has 1 aliphatic carbocycles. The van der Waals surface area contributed by atoms with Gasteiger partial charge < -0.3 is 10.2 Å². The summed E-state index contributed by atoms with van der Waals surface area (Å²) in [6.07, 6.45) is 6.25. The molecule has 1 fully saturated rings. The Kier molecular flexibility index (Phi) is 4.85. The van der Waals surface area contributed by atoms with Crippen LogP contribution in [0.5, 0.6) is 11.8 Å². The standard InChI is InChI=1S/C18H23NO4S/c20-17-13-16(18(21)19(17)14-9-5-4-6-10-14)24(22,23)15-11-7-2-1-3-8-12-15/h4-6,9-10,13,15,20-21H,1-3,7-8,11-12H2. The van der Waals surface area contributed by atoms with Crippen molar-refractivity contribution in [2.75, 3.05) is 0 Å². The number of aromatic nitrogens is 1. The molecule has 1 aromatic heterocycles. The summed E-state index contributed by atoms with van der Waals surface area (Å²) in [6, 6.07) is 9.90. The van der Waals surface area contributed by atoms with Gasteiger partial charge in [-0.1, -0.05) is 50.3 Å². The first-order valence-corrected chi connectivity index (χ1v) is 9.99. The van der Waals surface area contributed by atoms with Gasteiger partial charge in [-0.2, -0.15) is 0 Å². The Morgan fingerprint density at radius 1 is 0.917 bits per heavy atom. The van der Waals surface area contributed by atoms with Crippen molar-refractivity contribution in [2.24, 2.45) is 0 Å². The van der Waals surface area contributed by atoms with Gasteiger partial charge in [-0.05, 0) is 25.0 Å². The van der Waals surface area contributed by atoms with Crippen LogP contribution in [0.3, 0.4) is 0 Å². The summed E-state index contributed by atoms with van der Waals surface area (Å²) in [4.78, 5) is -0.172. The zero-order chi connectivity index (χ0) is 17.2. The molecule has 0 amide bonds. The van der Waals surface area contributed by atoms with Gasteiger partial charge in [0, 0.05) is 6.07 Å². The fraction of sp³-hybridized carbons (Fsp3) is 0.444. The van der Waals surface area contributed by atoms with E-state index in [0.29, 0.717) is 18.5 Å². The lowest BCUT2D eigenvalue weighted by Crippen LogP contribution is -2.22. The minimum absolute atomic E-state index is 0.172. The van der Waals surface area contributed by atoms with Gasteiger partial charge in [0.15, 0.2) is 15.7 Å². The summed E-state index contributed by atoms with van der Waals surface area (Å²) in [5.74, 6) is -0.691. The van der Waals surface area contributed by atoms with E-state index >= 15 is 0 Å². The number of hydrogen-bond acceptors (Lipinski definition) is 4. The first kappa shape index (κ1) is 16.9. The summed E-state index contributed by atoms with van der Waals surface area (Å²) in [6.45, 7) is 0. The third kappa shape index (κ3) is 3.15. The molecule has 0 aliphatic heterocycles. The summed E-state index contributed by atoms with van der Waals surface area (Å²) < 4.78 is 27.1. The Morgan fingerprint density at radius 3 is 2.12 bits per heavy atom. The van der Waals surface area contributed by atoms with E-state index < -0.39 is 21.0 Å². The highest BCUT2D eigenvalue weighted by molar-refractivity contribution is 7.92. The topological polar surface area (TPSA) is 79.5 Å². The van der Waals surface area contributed by atoms with Crippen molar-refractivity contribution in [2.45, 2.75) is 55.1 Å². The molecule has 0 radical (unpaired) electrons. The Bertz CT molecular complexity index is 788. The van der Waals surface area contributed by atoms with Crippen molar-refractivity contribution < 1.29 is 18.6 Å². The van der Waals surface area contributed by atoms with Gasteiger partial charge in [-0.3, -0.25) is 4.57 Å². The van der Waals surface area contributed by atoms with Crippen LogP contribution in [0.1, 0.15) is 44.9 Å². The fourth-order valence-corrected chi connectivity index (χ4v) is 5.34. The molecule has 1 heterocycles. The molecular formula is C18H23NO4S. The predicted octanol–water partition coefficient (Wildman–Crippen LogP) is 3.78. The van der Waals surface area contributed by atoms with Gasteiger partial charge in [-0.15, -0.1) is 0 Å². The van der Waals surface area contributed by atoms with E-state index in [0.717, 1.165) is 42.7 Å². The van der Waals surface area contributed by atoms with Crippen LogP contribution in [0, 0.1) is 0 Å². The van der Waals surface area contributed by atoms with Gasteiger partial charge in [-0.25, -0.2) is 8.42 Å². The molecule has 0 bridgehead atoms. The number of rotatable bonds is 3. The number of benzene rings is 1. The molecule has 0 saturated heterocycles. The Labute approximate surface area is 142 Å². The monoisotopic (exact) mass is 349 g/mol. The molecule has 2 N–H and O–H groups in total. The van der Waals surface area contributed by atoms with E-state index in [1.165, 1.54) is 0 Å². The van der Waals surface area contributed by atoms with Crippen LogP contribution in [-0.4, -0.2) is 28.4 Å². The summed E-state index contributed by atoms with van der Waals surface area (Å²) >= 11 is 0. The molecule has 130 valence electrons. The van der Waals surface area contributed by atoms with Crippen molar-refractivity contribution in [3.8, 4) is 17.4 Å². The number of aromatic hydroxyl groups is 2. The van der Waals surface area contributed by atoms with Crippen molar-refractivity contribution in [3.63, 3.8) is 0 Å². The molecule has 24 heavy (non-hydrogen) atoms. The molecular weight excluding hydrogens is 326 g/mol. The van der Waals surface area contributed by atoms with E-state index in [1.807, 2.05) is 6.07 Å². The number of sulfone groups is 1. The molecule has 0 atom stereocenters. The van der Waals surface area contributed by atoms with Crippen LogP contribution in [0.2, 0.25) is 0 Å². The van der Waals surface area contributed by atoms with Gasteiger partial charge >= 0.3 is 0 Å². The van der Waals surface area contributed by atoms with Crippen LogP contribution < -0.4 is 0 Å². The van der Waals surface area contributed by atoms with Crippen LogP contribution in [0.25, 0.3) is 5.69 Å². The minimum atomic E-state index is -3.67. The molecule has 6 heteroatoms. The highest BCUT2D eigenvalue weighted by atomic mass is 32.2. The lowest BCUT2D eigenvalue weighted by atomic mass is 10.0. The summed E-state index contributed by atoms with van der Waals surface area (Å²) in [7, 11) is -3.67. The lowest BCUT2D eigenvalue weighted by molar-refractivity contribution is 0.397. The molecule has 0 spiro atoms. The first-order valence-electron chi connectivity index (χ1n) is 8.45. The molecule has 0 unspecified atom stereocenters. The number of hydrogen-bond donors (Lipinski definition) is 2. The van der Waals surface area contributed by atoms with E-state index in [9.17, 15) is 18.6 Å². The Hall–Kier alpha value is -1.95. The number of nitrogens with zero attached hydrogens (tertiary/aromatic N) is 1. The summed E-state index contributed by atoms with van der Waals surface area (Å²) in [5.41, 5.74) is 0.520. The lowest BCUT2D eigenvalue weighted by Gasteiger charge is -2.19. The Balaban J connectivity index is 1.99. The van der Waals surface area contributed by atoms with Crippen molar-refractivity contribution in [3.05, 3.63) is 36.4 Å². The largest absolute Gasteiger partial charge is 0.494 e. The van der Waals surface area contributed by atoms with Crippen LogP contribution in [0.4, 0.5) is 0 Å². The van der Waals surface area contributed by atoms with E-state index in [1.54, 1.807) is 24.3 Å². The fourth-order valence-electron chi connectivity index (χ4n) is 3.41. The minimum Gasteiger partial charge on any atom is -0.494 e. The molecule has 1 aromatic carbocycles. The van der Waals surface area contributed by atoms with E-state index in [2.05, 4.69) is 0 Å². The van der Waals surface area contributed by atoms with Crippen molar-refractivity contribution in [1.82, 2.24) is 4.57 Å². The highest BCUT2D eigenvalue weighted by Crippen LogP contribution is 2.38. The maximum Gasteiger partial charge on any atom is 0.217 e. The van der Waals surface area contributed by atoms with Crippen molar-refractivity contribution >= 4 is 9.84 Å². The van der Waals surface area contributed by atoms with Gasteiger partial charge in [0.25, 0.3) is 0 Å². The molecule has 1 saturated carbocycles. The zero-order valence-corrected chi connectivity index (χ0v) is 14.4. The average molecular weight is 349 g/mol. The second-order valence-corrected chi connectivity index (χ2v) is 8.57. The SMILES string of the molecule is O=S(=O)(c1cc(O)n(-c2ccccc2)c1O)C1CCCCCCC1. The van der Waals surface area contributed by atoms with E-state index in [-0.39, 0.29) is 10.8 Å². The second kappa shape index (κ2) is 6.89. The average Bonchev–Trinajstić information content (AvgIpc) is 2.83. The van der Waals surface area contributed by atoms with Crippen LogP contribution in [-0.2, 0) is 9.84 Å². The normalized spacial score (nSPS) is 17.3. The Morgan fingerprint density at radius 2 is 1.50 bits per heavy atom. The predicted molar refractivity (Wildman–Crippen MR) is 92.4 cm³/mol. The molecule has 3 rings (SSSR count). The smallest absolute Gasteiger partial charge is 0.217 e. The van der Waals surface area contributed by atoms with Crippen molar-refractivity contribution in [1.29, 1.82) is 0 Å². The van der Waals surface area contributed by atoms with Gasteiger partial charge in [0.2, 0.25) is 5.88 Å². The third-order valence-electron chi connectivity index (χ3n) is 4.73. The third-order valence-corrected chi connectivity index (χ3v) is 7.00. The van der Waals surface area contributed by atoms with Crippen LogP contribution >= 0.6 is 0 Å². The zero-order valence-electron chi connectivity index (χ0n) is 13.6. The quantitative estimate of drug-likeness (QED) is 0.884. The molecule has 5 nitrogen and oxygen atoms in total. The maximum absolute atomic E-state index is 13.0. The highest BCUT2D eigenvalue weighted by Gasteiger charge is 2.33. The van der Waals surface area contributed by atoms with Gasteiger partial charge in [0.1, 0.15) is 4.90 Å². The molecule has 2 aromatic rings.